The SMILES string of the molecule is CN[C@@H]1CC[C@@H](COc2ccnc(Nc3cn(C(C)(C)C#N)nc3C)n2)C[C@@H]1C1CC1. The van der Waals surface area contributed by atoms with Crippen molar-refractivity contribution in [1.82, 2.24) is 25.1 Å². The Hall–Kier alpha value is -2.66. The normalized spacial score (nSPS) is 23.9. The van der Waals surface area contributed by atoms with Gasteiger partial charge in [0.2, 0.25) is 11.8 Å². The van der Waals surface area contributed by atoms with Crippen LogP contribution in [-0.2, 0) is 5.54 Å². The summed E-state index contributed by atoms with van der Waals surface area (Å²) in [6.45, 7) is 6.24. The Labute approximate surface area is 184 Å². The van der Waals surface area contributed by atoms with Crippen molar-refractivity contribution in [3.8, 4) is 11.9 Å². The van der Waals surface area contributed by atoms with E-state index in [1.165, 1.54) is 32.1 Å². The zero-order chi connectivity index (χ0) is 22.0. The van der Waals surface area contributed by atoms with E-state index in [1.54, 1.807) is 16.9 Å². The minimum atomic E-state index is -0.721. The molecule has 0 amide bonds. The molecule has 0 radical (unpaired) electrons. The minimum Gasteiger partial charge on any atom is -0.477 e. The van der Waals surface area contributed by atoms with Crippen LogP contribution in [0.15, 0.2) is 18.5 Å². The van der Waals surface area contributed by atoms with Gasteiger partial charge in [-0.3, -0.25) is 4.68 Å². The molecule has 0 aliphatic heterocycles. The van der Waals surface area contributed by atoms with E-state index in [1.807, 2.05) is 27.0 Å². The maximum absolute atomic E-state index is 9.34. The number of hydrogen-bond donors (Lipinski definition) is 2. The highest BCUT2D eigenvalue weighted by atomic mass is 16.5. The fourth-order valence-corrected chi connectivity index (χ4v) is 4.58. The molecule has 0 saturated heterocycles. The standard InChI is InChI=1S/C23H33N7O/c1-15-20(12-30(29-15)23(2,3)14-24)27-22-26-10-9-21(28-22)31-13-16-5-8-19(25-4)18(11-16)17-6-7-17/h9-10,12,16-19,25H,5-8,11,13H2,1-4H3,(H,26,27,28)/t16-,18-,19-/m1/s1. The molecule has 0 unspecified atom stereocenters. The maximum Gasteiger partial charge on any atom is 0.230 e. The molecule has 8 heteroatoms. The van der Waals surface area contributed by atoms with Gasteiger partial charge in [0, 0.05) is 18.3 Å². The number of rotatable bonds is 8. The highest BCUT2D eigenvalue weighted by Crippen LogP contribution is 2.45. The van der Waals surface area contributed by atoms with Crippen molar-refractivity contribution >= 4 is 11.6 Å². The van der Waals surface area contributed by atoms with Crippen molar-refractivity contribution in [3.63, 3.8) is 0 Å². The van der Waals surface area contributed by atoms with E-state index >= 15 is 0 Å². The van der Waals surface area contributed by atoms with Crippen LogP contribution in [-0.4, -0.2) is 39.4 Å². The van der Waals surface area contributed by atoms with Crippen LogP contribution in [0.1, 0.15) is 51.6 Å². The predicted octanol–water partition coefficient (Wildman–Crippen LogP) is 3.78. The van der Waals surface area contributed by atoms with Gasteiger partial charge in [-0.25, -0.2) is 4.98 Å². The maximum atomic E-state index is 9.34. The summed E-state index contributed by atoms with van der Waals surface area (Å²) in [5.74, 6) is 3.32. The Kier molecular flexibility index (Phi) is 6.15. The summed E-state index contributed by atoms with van der Waals surface area (Å²) >= 11 is 0. The van der Waals surface area contributed by atoms with E-state index < -0.39 is 5.54 Å². The molecule has 2 aliphatic rings. The van der Waals surface area contributed by atoms with E-state index in [4.69, 9.17) is 4.74 Å². The summed E-state index contributed by atoms with van der Waals surface area (Å²) in [7, 11) is 2.10. The van der Waals surface area contributed by atoms with Crippen LogP contribution in [0.4, 0.5) is 11.6 Å². The van der Waals surface area contributed by atoms with E-state index in [-0.39, 0.29) is 0 Å². The number of nitriles is 1. The molecule has 0 spiro atoms. The first kappa shape index (κ1) is 21.6. The third kappa shape index (κ3) is 4.99. The third-order valence-electron chi connectivity index (χ3n) is 6.70. The van der Waals surface area contributed by atoms with Gasteiger partial charge in [-0.1, -0.05) is 0 Å². The highest BCUT2D eigenvalue weighted by molar-refractivity contribution is 5.55. The lowest BCUT2D eigenvalue weighted by molar-refractivity contribution is 0.136. The Morgan fingerprint density at radius 2 is 2.10 bits per heavy atom. The van der Waals surface area contributed by atoms with Crippen LogP contribution in [0.3, 0.4) is 0 Å². The van der Waals surface area contributed by atoms with Crippen LogP contribution in [0.2, 0.25) is 0 Å². The van der Waals surface area contributed by atoms with Gasteiger partial charge >= 0.3 is 0 Å². The van der Waals surface area contributed by atoms with Gasteiger partial charge in [0.25, 0.3) is 0 Å². The van der Waals surface area contributed by atoms with E-state index in [2.05, 4.69) is 38.8 Å². The Morgan fingerprint density at radius 1 is 1.29 bits per heavy atom. The first-order valence-electron chi connectivity index (χ1n) is 11.3. The van der Waals surface area contributed by atoms with Crippen LogP contribution < -0.4 is 15.4 Å². The van der Waals surface area contributed by atoms with Crippen molar-refractivity contribution in [2.45, 2.75) is 64.5 Å². The molecule has 2 heterocycles. The third-order valence-corrected chi connectivity index (χ3v) is 6.70. The summed E-state index contributed by atoms with van der Waals surface area (Å²) in [5, 5.41) is 20.5. The number of ether oxygens (including phenoxy) is 1. The monoisotopic (exact) mass is 423 g/mol. The molecule has 3 atom stereocenters. The van der Waals surface area contributed by atoms with Crippen LogP contribution in [0.5, 0.6) is 5.88 Å². The molecular formula is C23H33N7O. The summed E-state index contributed by atoms with van der Waals surface area (Å²) in [6, 6.07) is 4.72. The Morgan fingerprint density at radius 3 is 2.81 bits per heavy atom. The Balaban J connectivity index is 1.36. The minimum absolute atomic E-state index is 0.463. The van der Waals surface area contributed by atoms with Gasteiger partial charge in [-0.05, 0) is 77.7 Å². The first-order valence-corrected chi connectivity index (χ1v) is 11.3. The van der Waals surface area contributed by atoms with Crippen molar-refractivity contribution in [2.75, 3.05) is 19.0 Å². The number of aryl methyl sites for hydroxylation is 1. The fourth-order valence-electron chi connectivity index (χ4n) is 4.58. The van der Waals surface area contributed by atoms with Crippen molar-refractivity contribution in [2.24, 2.45) is 17.8 Å². The largest absolute Gasteiger partial charge is 0.477 e. The zero-order valence-corrected chi connectivity index (χ0v) is 18.9. The molecule has 0 bridgehead atoms. The number of hydrogen-bond acceptors (Lipinski definition) is 7. The van der Waals surface area contributed by atoms with E-state index in [0.717, 1.165) is 23.2 Å². The molecule has 31 heavy (non-hydrogen) atoms. The lowest BCUT2D eigenvalue weighted by Gasteiger charge is -2.36. The van der Waals surface area contributed by atoms with E-state index in [9.17, 15) is 5.26 Å². The van der Waals surface area contributed by atoms with Gasteiger partial charge in [0.15, 0.2) is 0 Å². The molecule has 4 rings (SSSR count). The van der Waals surface area contributed by atoms with Crippen LogP contribution >= 0.6 is 0 Å². The first-order chi connectivity index (χ1) is 14.9. The topological polar surface area (TPSA) is 101 Å². The van der Waals surface area contributed by atoms with Gasteiger partial charge in [-0.15, -0.1) is 0 Å². The molecule has 2 aliphatic carbocycles. The molecule has 2 aromatic rings. The smallest absolute Gasteiger partial charge is 0.230 e. The van der Waals surface area contributed by atoms with E-state index in [0.29, 0.717) is 30.4 Å². The molecule has 8 nitrogen and oxygen atoms in total. The fraction of sp³-hybridized carbons (Fsp3) is 0.652. The highest BCUT2D eigenvalue weighted by Gasteiger charge is 2.40. The summed E-state index contributed by atoms with van der Waals surface area (Å²) in [4.78, 5) is 8.84. The second-order valence-corrected chi connectivity index (χ2v) is 9.47. The number of aromatic nitrogens is 4. The van der Waals surface area contributed by atoms with Gasteiger partial charge in [0.05, 0.1) is 30.3 Å². The molecule has 2 fully saturated rings. The summed E-state index contributed by atoms with van der Waals surface area (Å²) < 4.78 is 7.73. The summed E-state index contributed by atoms with van der Waals surface area (Å²) in [6.07, 6.45) is 9.95. The average Bonchev–Trinajstić information content (AvgIpc) is 3.56. The van der Waals surface area contributed by atoms with Crippen LogP contribution in [0, 0.1) is 36.0 Å². The quantitative estimate of drug-likeness (QED) is 0.666. The molecule has 0 aromatic carbocycles. The number of nitrogens with zero attached hydrogens (tertiary/aromatic N) is 5. The van der Waals surface area contributed by atoms with Gasteiger partial charge in [0.1, 0.15) is 5.54 Å². The number of anilines is 2. The zero-order valence-electron chi connectivity index (χ0n) is 18.9. The van der Waals surface area contributed by atoms with Crippen molar-refractivity contribution < 1.29 is 4.74 Å². The number of nitrogens with one attached hydrogen (secondary N) is 2. The van der Waals surface area contributed by atoms with Crippen molar-refractivity contribution in [1.29, 1.82) is 5.26 Å². The second-order valence-electron chi connectivity index (χ2n) is 9.47. The van der Waals surface area contributed by atoms with Gasteiger partial charge < -0.3 is 15.4 Å². The average molecular weight is 424 g/mol. The Bertz CT molecular complexity index is 944. The lowest BCUT2D eigenvalue weighted by Crippen LogP contribution is -2.40. The van der Waals surface area contributed by atoms with Crippen LogP contribution in [0.25, 0.3) is 0 Å². The summed E-state index contributed by atoms with van der Waals surface area (Å²) in [5.41, 5.74) is 0.838. The molecular weight excluding hydrogens is 390 g/mol. The molecule has 166 valence electrons. The lowest BCUT2D eigenvalue weighted by atomic mass is 9.76. The van der Waals surface area contributed by atoms with Gasteiger partial charge in [-0.2, -0.15) is 15.3 Å². The molecule has 2 saturated carbocycles. The second kappa shape index (κ2) is 8.83. The predicted molar refractivity (Wildman–Crippen MR) is 119 cm³/mol. The molecule has 2 aromatic heterocycles. The van der Waals surface area contributed by atoms with Crippen molar-refractivity contribution in [3.05, 3.63) is 24.2 Å². The molecule has 2 N–H and O–H groups in total.